The van der Waals surface area contributed by atoms with Crippen LogP contribution in [0.25, 0.3) is 11.4 Å². The van der Waals surface area contributed by atoms with Crippen molar-refractivity contribution in [3.63, 3.8) is 0 Å². The first kappa shape index (κ1) is 19.0. The number of rotatable bonds is 4. The van der Waals surface area contributed by atoms with E-state index in [0.29, 0.717) is 37.7 Å². The molecule has 1 amide bonds. The Bertz CT molecular complexity index is 1170. The van der Waals surface area contributed by atoms with E-state index in [1.807, 2.05) is 77.2 Å². The van der Waals surface area contributed by atoms with Gasteiger partial charge in [0.2, 0.25) is 5.95 Å². The smallest absolute Gasteiger partial charge is 0.253 e. The Morgan fingerprint density at radius 2 is 1.55 bits per heavy atom. The molecule has 0 spiro atoms. The van der Waals surface area contributed by atoms with Gasteiger partial charge in [-0.25, -0.2) is 4.68 Å². The number of hydrogen-bond donors (Lipinski definition) is 0. The van der Waals surface area contributed by atoms with Crippen molar-refractivity contribution in [2.24, 2.45) is 0 Å². The fourth-order valence-electron chi connectivity index (χ4n) is 3.79. The SMILES string of the molecule is Cc1ccnn1-c1ccc(C(=O)N2CCN(c3nnnn3-c3ccccc3)CC2)cc1. The highest BCUT2D eigenvalue weighted by molar-refractivity contribution is 5.94. The third-order valence-corrected chi connectivity index (χ3v) is 5.49. The summed E-state index contributed by atoms with van der Waals surface area (Å²) in [4.78, 5) is 17.0. The van der Waals surface area contributed by atoms with E-state index in [9.17, 15) is 4.79 Å². The highest BCUT2D eigenvalue weighted by Crippen LogP contribution is 2.18. The first-order valence-corrected chi connectivity index (χ1v) is 10.2. The van der Waals surface area contributed by atoms with Crippen LogP contribution in [0.15, 0.2) is 66.9 Å². The fourth-order valence-corrected chi connectivity index (χ4v) is 3.79. The summed E-state index contributed by atoms with van der Waals surface area (Å²) in [6.45, 7) is 4.56. The van der Waals surface area contributed by atoms with Crippen LogP contribution in [-0.2, 0) is 0 Å². The van der Waals surface area contributed by atoms with Crippen LogP contribution in [0.1, 0.15) is 16.1 Å². The van der Waals surface area contributed by atoms with Crippen LogP contribution in [0.5, 0.6) is 0 Å². The predicted octanol–water partition coefficient (Wildman–Crippen LogP) is 2.12. The topological polar surface area (TPSA) is 85.0 Å². The molecule has 156 valence electrons. The van der Waals surface area contributed by atoms with Gasteiger partial charge in [0, 0.05) is 43.6 Å². The molecule has 0 radical (unpaired) electrons. The highest BCUT2D eigenvalue weighted by Gasteiger charge is 2.25. The van der Waals surface area contributed by atoms with E-state index < -0.39 is 0 Å². The molecule has 3 heterocycles. The number of aromatic nitrogens is 6. The lowest BCUT2D eigenvalue weighted by molar-refractivity contribution is 0.0746. The maximum atomic E-state index is 13.0. The quantitative estimate of drug-likeness (QED) is 0.509. The van der Waals surface area contributed by atoms with Gasteiger partial charge in [-0.15, -0.1) is 0 Å². The van der Waals surface area contributed by atoms with Gasteiger partial charge >= 0.3 is 0 Å². The molecule has 1 aliphatic rings. The van der Waals surface area contributed by atoms with Gasteiger partial charge in [-0.2, -0.15) is 9.78 Å². The van der Waals surface area contributed by atoms with Gasteiger partial charge in [-0.3, -0.25) is 4.79 Å². The van der Waals surface area contributed by atoms with Gasteiger partial charge in [-0.1, -0.05) is 23.3 Å². The molecule has 4 aromatic rings. The molecule has 0 aliphatic carbocycles. The lowest BCUT2D eigenvalue weighted by atomic mass is 10.1. The standard InChI is InChI=1S/C22H22N8O/c1-17-11-12-23-29(17)20-9-7-18(8-10-20)21(31)27-13-15-28(16-14-27)22-24-25-26-30(22)19-5-3-2-4-6-19/h2-12H,13-16H2,1H3. The monoisotopic (exact) mass is 414 g/mol. The van der Waals surface area contributed by atoms with E-state index in [2.05, 4.69) is 25.5 Å². The van der Waals surface area contributed by atoms with E-state index >= 15 is 0 Å². The Hall–Kier alpha value is -4.01. The number of carbonyl (C=O) groups excluding carboxylic acids is 1. The van der Waals surface area contributed by atoms with Crippen LogP contribution in [0.2, 0.25) is 0 Å². The molecule has 2 aromatic heterocycles. The minimum absolute atomic E-state index is 0.0334. The van der Waals surface area contributed by atoms with E-state index in [0.717, 1.165) is 17.1 Å². The number of amides is 1. The molecular weight excluding hydrogens is 392 g/mol. The third-order valence-electron chi connectivity index (χ3n) is 5.49. The van der Waals surface area contributed by atoms with E-state index in [1.54, 1.807) is 10.9 Å². The normalized spacial score (nSPS) is 14.1. The molecule has 1 aliphatic heterocycles. The molecule has 1 saturated heterocycles. The van der Waals surface area contributed by atoms with Gasteiger partial charge in [0.1, 0.15) is 0 Å². The third kappa shape index (κ3) is 3.65. The van der Waals surface area contributed by atoms with Gasteiger partial charge in [-0.05, 0) is 59.8 Å². The van der Waals surface area contributed by atoms with E-state index in [1.165, 1.54) is 0 Å². The maximum Gasteiger partial charge on any atom is 0.253 e. The zero-order chi connectivity index (χ0) is 21.2. The Morgan fingerprint density at radius 3 is 2.23 bits per heavy atom. The molecule has 0 unspecified atom stereocenters. The molecule has 0 N–H and O–H groups in total. The summed E-state index contributed by atoms with van der Waals surface area (Å²) >= 11 is 0. The lowest BCUT2D eigenvalue weighted by Gasteiger charge is -2.34. The largest absolute Gasteiger partial charge is 0.336 e. The number of anilines is 1. The Labute approximate surface area is 179 Å². The molecular formula is C22H22N8O. The van der Waals surface area contributed by atoms with Crippen LogP contribution in [0, 0.1) is 6.92 Å². The number of para-hydroxylation sites is 1. The molecule has 5 rings (SSSR count). The second kappa shape index (κ2) is 8.02. The molecule has 0 saturated carbocycles. The average Bonchev–Trinajstić information content (AvgIpc) is 3.49. The summed E-state index contributed by atoms with van der Waals surface area (Å²) in [5.74, 6) is 0.725. The van der Waals surface area contributed by atoms with Crippen LogP contribution in [-0.4, -0.2) is 67.0 Å². The van der Waals surface area contributed by atoms with Crippen molar-refractivity contribution in [2.75, 3.05) is 31.1 Å². The van der Waals surface area contributed by atoms with Gasteiger partial charge < -0.3 is 9.80 Å². The van der Waals surface area contributed by atoms with Gasteiger partial charge in [0.15, 0.2) is 0 Å². The summed E-state index contributed by atoms with van der Waals surface area (Å²) in [6, 6.07) is 19.3. The van der Waals surface area contributed by atoms with E-state index in [-0.39, 0.29) is 5.91 Å². The maximum absolute atomic E-state index is 13.0. The first-order chi connectivity index (χ1) is 15.2. The lowest BCUT2D eigenvalue weighted by Crippen LogP contribution is -2.49. The van der Waals surface area contributed by atoms with Crippen molar-refractivity contribution in [3.8, 4) is 11.4 Å². The predicted molar refractivity (Wildman–Crippen MR) is 116 cm³/mol. The van der Waals surface area contributed by atoms with Crippen LogP contribution in [0.4, 0.5) is 5.95 Å². The summed E-state index contributed by atoms with van der Waals surface area (Å²) < 4.78 is 3.58. The van der Waals surface area contributed by atoms with Gasteiger partial charge in [0.25, 0.3) is 5.91 Å². The van der Waals surface area contributed by atoms with Crippen molar-refractivity contribution >= 4 is 11.9 Å². The minimum atomic E-state index is 0.0334. The second-order valence-corrected chi connectivity index (χ2v) is 7.44. The number of aryl methyl sites for hydroxylation is 1. The first-order valence-electron chi connectivity index (χ1n) is 10.2. The number of piperazine rings is 1. The number of nitrogens with zero attached hydrogens (tertiary/aromatic N) is 8. The number of benzene rings is 2. The molecule has 9 heteroatoms. The fraction of sp³-hybridized carbons (Fsp3) is 0.227. The van der Waals surface area contributed by atoms with Crippen molar-refractivity contribution in [1.29, 1.82) is 0 Å². The van der Waals surface area contributed by atoms with Crippen LogP contribution in [0.3, 0.4) is 0 Å². The minimum Gasteiger partial charge on any atom is -0.336 e. The Balaban J connectivity index is 1.26. The van der Waals surface area contributed by atoms with E-state index in [4.69, 9.17) is 0 Å². The van der Waals surface area contributed by atoms with Crippen LogP contribution >= 0.6 is 0 Å². The average molecular weight is 414 g/mol. The zero-order valence-corrected chi connectivity index (χ0v) is 17.2. The van der Waals surface area contributed by atoms with Crippen molar-refractivity contribution < 1.29 is 4.79 Å². The van der Waals surface area contributed by atoms with Crippen molar-refractivity contribution in [1.82, 2.24) is 34.9 Å². The molecule has 9 nitrogen and oxygen atoms in total. The molecule has 0 atom stereocenters. The van der Waals surface area contributed by atoms with Crippen LogP contribution < -0.4 is 4.90 Å². The molecule has 1 fully saturated rings. The Morgan fingerprint density at radius 1 is 0.839 bits per heavy atom. The highest BCUT2D eigenvalue weighted by atomic mass is 16.2. The Kier molecular flexibility index (Phi) is 4.91. The van der Waals surface area contributed by atoms with Crippen molar-refractivity contribution in [3.05, 3.63) is 78.1 Å². The zero-order valence-electron chi connectivity index (χ0n) is 17.2. The molecule has 0 bridgehead atoms. The molecule has 2 aromatic carbocycles. The second-order valence-electron chi connectivity index (χ2n) is 7.44. The summed E-state index contributed by atoms with van der Waals surface area (Å²) in [5.41, 5.74) is 3.58. The van der Waals surface area contributed by atoms with Crippen molar-refractivity contribution in [2.45, 2.75) is 6.92 Å². The summed E-state index contributed by atoms with van der Waals surface area (Å²) in [6.07, 6.45) is 1.77. The number of hydrogen-bond acceptors (Lipinski definition) is 6. The number of carbonyl (C=O) groups is 1. The van der Waals surface area contributed by atoms with Gasteiger partial charge in [0.05, 0.1) is 11.4 Å². The molecule has 31 heavy (non-hydrogen) atoms. The summed E-state index contributed by atoms with van der Waals surface area (Å²) in [5, 5.41) is 16.5. The number of tetrazole rings is 1. The summed E-state index contributed by atoms with van der Waals surface area (Å²) in [7, 11) is 0.